The van der Waals surface area contributed by atoms with Crippen molar-refractivity contribution >= 4 is 16.0 Å². The number of benzene rings is 1. The zero-order chi connectivity index (χ0) is 16.0. The van der Waals surface area contributed by atoms with Crippen LogP contribution in [0.4, 0.5) is 8.78 Å². The maximum Gasteiger partial charge on any atom is 0.308 e. The third kappa shape index (κ3) is 5.09. The fourth-order valence-corrected chi connectivity index (χ4v) is 2.34. The number of nitrogens with zero attached hydrogens (tertiary/aromatic N) is 1. The molecule has 0 aromatic heterocycles. The molecule has 0 aliphatic rings. The van der Waals surface area contributed by atoms with Crippen molar-refractivity contribution in [1.82, 2.24) is 4.72 Å². The van der Waals surface area contributed by atoms with Gasteiger partial charge >= 0.3 is 5.97 Å². The van der Waals surface area contributed by atoms with Gasteiger partial charge in [-0.2, -0.15) is 5.26 Å². The quantitative estimate of drug-likeness (QED) is 0.792. The Balaban J connectivity index is 2.60. The van der Waals surface area contributed by atoms with E-state index in [0.717, 1.165) is 6.07 Å². The minimum Gasteiger partial charge on any atom is -0.447 e. The van der Waals surface area contributed by atoms with Crippen LogP contribution in [0.1, 0.15) is 13.3 Å². The minimum atomic E-state index is -4.06. The molecule has 21 heavy (non-hydrogen) atoms. The molecule has 114 valence electrons. The number of halogens is 2. The molecule has 0 aliphatic heterocycles. The number of sulfonamides is 1. The molecule has 9 heteroatoms. The van der Waals surface area contributed by atoms with Crippen molar-refractivity contribution < 1.29 is 26.7 Å². The lowest BCUT2D eigenvalue weighted by Gasteiger charge is -2.08. The van der Waals surface area contributed by atoms with Gasteiger partial charge in [-0.15, -0.1) is 0 Å². The molecular formula is C12H12F2N2O4S. The monoisotopic (exact) mass is 318 g/mol. The van der Waals surface area contributed by atoms with Gasteiger partial charge in [0.15, 0.2) is 17.7 Å². The van der Waals surface area contributed by atoms with Crippen LogP contribution in [0.5, 0.6) is 0 Å². The third-order valence-corrected chi connectivity index (χ3v) is 3.77. The number of esters is 1. The lowest BCUT2D eigenvalue weighted by Crippen LogP contribution is -2.27. The van der Waals surface area contributed by atoms with Crippen molar-refractivity contribution in [3.8, 4) is 6.07 Å². The van der Waals surface area contributed by atoms with Gasteiger partial charge in [-0.05, 0) is 25.1 Å². The molecule has 0 unspecified atom stereocenters. The molecule has 0 radical (unpaired) electrons. The number of rotatable bonds is 6. The van der Waals surface area contributed by atoms with Crippen LogP contribution in [0.2, 0.25) is 0 Å². The van der Waals surface area contributed by atoms with Crippen molar-refractivity contribution in [2.24, 2.45) is 0 Å². The summed E-state index contributed by atoms with van der Waals surface area (Å²) in [4.78, 5) is 10.8. The molecule has 0 saturated heterocycles. The highest BCUT2D eigenvalue weighted by atomic mass is 32.2. The summed E-state index contributed by atoms with van der Waals surface area (Å²) in [6.45, 7) is 1.07. The SMILES string of the molecule is C[C@@H](C#N)OC(=O)CCNS(=O)(=O)c1ccc(F)c(F)c1. The Morgan fingerprint density at radius 2 is 2.10 bits per heavy atom. The van der Waals surface area contributed by atoms with Crippen LogP contribution in [0.25, 0.3) is 0 Å². The first-order valence-electron chi connectivity index (χ1n) is 5.80. The first-order valence-corrected chi connectivity index (χ1v) is 7.28. The predicted molar refractivity (Wildman–Crippen MR) is 67.3 cm³/mol. The van der Waals surface area contributed by atoms with Crippen molar-refractivity contribution in [2.45, 2.75) is 24.3 Å². The third-order valence-electron chi connectivity index (χ3n) is 2.31. The minimum absolute atomic E-state index is 0.293. The number of nitrogens with one attached hydrogen (secondary N) is 1. The van der Waals surface area contributed by atoms with E-state index in [0.29, 0.717) is 12.1 Å². The Hall–Kier alpha value is -2.05. The van der Waals surface area contributed by atoms with Crippen molar-refractivity contribution in [2.75, 3.05) is 6.54 Å². The zero-order valence-electron chi connectivity index (χ0n) is 11.0. The standard InChI is InChI=1S/C12H12F2N2O4S/c1-8(7-15)20-12(17)4-5-16-21(18,19)9-2-3-10(13)11(14)6-9/h2-3,6,8,16H,4-5H2,1H3/t8-/m0/s1. The first-order chi connectivity index (χ1) is 9.76. The highest BCUT2D eigenvalue weighted by Gasteiger charge is 2.17. The van der Waals surface area contributed by atoms with Crippen molar-refractivity contribution in [3.05, 3.63) is 29.8 Å². The molecule has 0 amide bonds. The summed E-state index contributed by atoms with van der Waals surface area (Å²) < 4.78 is 55.8. The number of hydrogen-bond acceptors (Lipinski definition) is 5. The van der Waals surface area contributed by atoms with Crippen molar-refractivity contribution in [3.63, 3.8) is 0 Å². The highest BCUT2D eigenvalue weighted by Crippen LogP contribution is 2.13. The Morgan fingerprint density at radius 1 is 1.43 bits per heavy atom. The van der Waals surface area contributed by atoms with Crippen LogP contribution in [-0.4, -0.2) is 27.0 Å². The molecule has 1 aromatic carbocycles. The average Bonchev–Trinajstić information content (AvgIpc) is 2.41. The van der Waals surface area contributed by atoms with E-state index in [-0.39, 0.29) is 13.0 Å². The van der Waals surface area contributed by atoms with E-state index in [1.807, 2.05) is 4.72 Å². The largest absolute Gasteiger partial charge is 0.447 e. The Bertz CT molecular complexity index is 670. The fraction of sp³-hybridized carbons (Fsp3) is 0.333. The summed E-state index contributed by atoms with van der Waals surface area (Å²) in [5, 5.41) is 8.43. The summed E-state index contributed by atoms with van der Waals surface area (Å²) in [5.41, 5.74) is 0. The van der Waals surface area contributed by atoms with Gasteiger partial charge in [-0.3, -0.25) is 4.79 Å². The van der Waals surface area contributed by atoms with Crippen LogP contribution in [0.15, 0.2) is 23.1 Å². The van der Waals surface area contributed by atoms with Crippen LogP contribution in [0, 0.1) is 23.0 Å². The second kappa shape index (κ2) is 7.10. The number of carbonyl (C=O) groups excluding carboxylic acids is 1. The molecule has 0 spiro atoms. The van der Waals surface area contributed by atoms with E-state index < -0.39 is 38.6 Å². The van der Waals surface area contributed by atoms with E-state index in [1.54, 1.807) is 6.07 Å². The van der Waals surface area contributed by atoms with Crippen LogP contribution < -0.4 is 4.72 Å². The molecule has 1 aromatic rings. The molecular weight excluding hydrogens is 306 g/mol. The van der Waals surface area contributed by atoms with E-state index in [1.165, 1.54) is 6.92 Å². The van der Waals surface area contributed by atoms with Gasteiger partial charge in [0.2, 0.25) is 10.0 Å². The summed E-state index contributed by atoms with van der Waals surface area (Å²) >= 11 is 0. The molecule has 0 bridgehead atoms. The topological polar surface area (TPSA) is 96.3 Å². The fourth-order valence-electron chi connectivity index (χ4n) is 1.30. The smallest absolute Gasteiger partial charge is 0.308 e. The number of carbonyl (C=O) groups is 1. The maximum absolute atomic E-state index is 13.0. The van der Waals surface area contributed by atoms with Crippen LogP contribution >= 0.6 is 0 Å². The van der Waals surface area contributed by atoms with E-state index in [2.05, 4.69) is 4.74 Å². The Morgan fingerprint density at radius 3 is 2.67 bits per heavy atom. The lowest BCUT2D eigenvalue weighted by atomic mass is 10.3. The molecule has 1 rings (SSSR count). The molecule has 0 fully saturated rings. The van der Waals surface area contributed by atoms with Gasteiger partial charge in [-0.1, -0.05) is 0 Å². The van der Waals surface area contributed by atoms with Gasteiger partial charge in [0.25, 0.3) is 0 Å². The maximum atomic E-state index is 13.0. The first kappa shape index (κ1) is 17.0. The van der Waals surface area contributed by atoms with Crippen LogP contribution in [-0.2, 0) is 19.6 Å². The Labute approximate surface area is 120 Å². The number of ether oxygens (including phenoxy) is 1. The molecule has 1 N–H and O–H groups in total. The molecule has 6 nitrogen and oxygen atoms in total. The van der Waals surface area contributed by atoms with E-state index in [9.17, 15) is 22.0 Å². The highest BCUT2D eigenvalue weighted by molar-refractivity contribution is 7.89. The summed E-state index contributed by atoms with van der Waals surface area (Å²) in [6.07, 6.45) is -1.23. The number of nitriles is 1. The number of hydrogen-bond donors (Lipinski definition) is 1. The zero-order valence-corrected chi connectivity index (χ0v) is 11.8. The summed E-state index contributed by atoms with van der Waals surface area (Å²) in [6, 6.07) is 3.80. The summed E-state index contributed by atoms with van der Waals surface area (Å²) in [5.74, 6) is -3.21. The van der Waals surface area contributed by atoms with Gasteiger partial charge in [0, 0.05) is 6.54 Å². The second-order valence-electron chi connectivity index (χ2n) is 3.98. The van der Waals surface area contributed by atoms with E-state index in [4.69, 9.17) is 5.26 Å². The normalized spacial score (nSPS) is 12.5. The predicted octanol–water partition coefficient (Wildman–Crippen LogP) is 1.09. The molecule has 0 heterocycles. The van der Waals surface area contributed by atoms with Crippen molar-refractivity contribution in [1.29, 1.82) is 5.26 Å². The van der Waals surface area contributed by atoms with E-state index >= 15 is 0 Å². The molecule has 0 saturated carbocycles. The van der Waals surface area contributed by atoms with Crippen LogP contribution in [0.3, 0.4) is 0 Å². The molecule has 0 aliphatic carbocycles. The van der Waals surface area contributed by atoms with Gasteiger partial charge in [0.05, 0.1) is 11.3 Å². The van der Waals surface area contributed by atoms with Gasteiger partial charge in [-0.25, -0.2) is 21.9 Å². The molecule has 1 atom stereocenters. The lowest BCUT2D eigenvalue weighted by molar-refractivity contribution is -0.145. The summed E-state index contributed by atoms with van der Waals surface area (Å²) in [7, 11) is -4.06. The van der Waals surface area contributed by atoms with Gasteiger partial charge < -0.3 is 4.74 Å². The Kier molecular flexibility index (Phi) is 5.75. The second-order valence-corrected chi connectivity index (χ2v) is 5.75. The average molecular weight is 318 g/mol. The van der Waals surface area contributed by atoms with Gasteiger partial charge in [0.1, 0.15) is 6.07 Å².